The number of rotatable bonds is 3. The molecule has 3 fully saturated rings. The van der Waals surface area contributed by atoms with E-state index in [0.717, 1.165) is 19.4 Å². The Morgan fingerprint density at radius 2 is 1.78 bits per heavy atom. The van der Waals surface area contributed by atoms with E-state index in [1.165, 1.54) is 25.7 Å². The van der Waals surface area contributed by atoms with Gasteiger partial charge in [-0.2, -0.15) is 0 Å². The Morgan fingerprint density at radius 1 is 1.00 bits per heavy atom. The lowest BCUT2D eigenvalue weighted by Gasteiger charge is -2.29. The highest BCUT2D eigenvalue weighted by molar-refractivity contribution is 5.97. The lowest BCUT2D eigenvalue weighted by atomic mass is 9.96. The van der Waals surface area contributed by atoms with Crippen molar-refractivity contribution in [2.75, 3.05) is 38.2 Å². The molecule has 1 aromatic rings. The van der Waals surface area contributed by atoms with Crippen LogP contribution in [0.25, 0.3) is 0 Å². The van der Waals surface area contributed by atoms with E-state index >= 15 is 0 Å². The van der Waals surface area contributed by atoms with Crippen LogP contribution in [0.3, 0.4) is 0 Å². The Balaban J connectivity index is 1.41. The highest BCUT2D eigenvalue weighted by atomic mass is 16.5. The van der Waals surface area contributed by atoms with Crippen LogP contribution in [0.15, 0.2) is 24.3 Å². The van der Waals surface area contributed by atoms with Gasteiger partial charge in [-0.1, -0.05) is 18.9 Å². The van der Waals surface area contributed by atoms with E-state index in [0.29, 0.717) is 49.5 Å². The highest BCUT2D eigenvalue weighted by Crippen LogP contribution is 2.35. The predicted octanol–water partition coefficient (Wildman–Crippen LogP) is 3.35. The fraction of sp³-hybridized carbons (Fsp3) is 0.619. The molecule has 3 amide bonds. The molecule has 0 unspecified atom stereocenters. The normalized spacial score (nSPS) is 23.6. The summed E-state index contributed by atoms with van der Waals surface area (Å²) in [4.78, 5) is 29.4. The average molecular weight is 371 g/mol. The third-order valence-electron chi connectivity index (χ3n) is 6.16. The van der Waals surface area contributed by atoms with Gasteiger partial charge < -0.3 is 19.9 Å². The summed E-state index contributed by atoms with van der Waals surface area (Å²) in [6, 6.07) is 7.64. The molecule has 0 aromatic heterocycles. The van der Waals surface area contributed by atoms with Crippen molar-refractivity contribution in [2.45, 2.75) is 44.6 Å². The van der Waals surface area contributed by atoms with Gasteiger partial charge in [-0.3, -0.25) is 4.79 Å². The molecule has 4 rings (SSSR count). The van der Waals surface area contributed by atoms with Gasteiger partial charge >= 0.3 is 6.03 Å². The second kappa shape index (κ2) is 8.30. The van der Waals surface area contributed by atoms with Crippen molar-refractivity contribution in [2.24, 2.45) is 5.92 Å². The van der Waals surface area contributed by atoms with Crippen molar-refractivity contribution < 1.29 is 14.3 Å². The van der Waals surface area contributed by atoms with E-state index in [1.54, 1.807) is 11.0 Å². The van der Waals surface area contributed by atoms with Gasteiger partial charge in [0.05, 0.1) is 13.2 Å². The number of amides is 3. The van der Waals surface area contributed by atoms with Gasteiger partial charge in [-0.15, -0.1) is 0 Å². The highest BCUT2D eigenvalue weighted by Gasteiger charge is 2.35. The maximum Gasteiger partial charge on any atom is 0.322 e. The maximum absolute atomic E-state index is 12.9. The monoisotopic (exact) mass is 371 g/mol. The summed E-state index contributed by atoms with van der Waals surface area (Å²) < 4.78 is 5.31. The van der Waals surface area contributed by atoms with Crippen LogP contribution in [0, 0.1) is 5.92 Å². The number of carbonyl (C=O) groups excluding carboxylic acids is 2. The summed E-state index contributed by atoms with van der Waals surface area (Å²) in [6.07, 6.45) is 7.29. The molecule has 1 aliphatic carbocycles. The Morgan fingerprint density at radius 3 is 2.56 bits per heavy atom. The average Bonchev–Trinajstić information content (AvgIpc) is 3.39. The minimum Gasteiger partial charge on any atom is -0.378 e. The molecule has 1 aromatic carbocycles. The number of urea groups is 1. The molecule has 146 valence electrons. The van der Waals surface area contributed by atoms with E-state index < -0.39 is 0 Å². The minimum absolute atomic E-state index is 0.000552. The lowest BCUT2D eigenvalue weighted by molar-refractivity contribution is 0.0303. The molecule has 27 heavy (non-hydrogen) atoms. The zero-order valence-electron chi connectivity index (χ0n) is 15.9. The van der Waals surface area contributed by atoms with Crippen LogP contribution in [0.4, 0.5) is 10.5 Å². The van der Waals surface area contributed by atoms with Crippen LogP contribution in [-0.4, -0.2) is 60.6 Å². The first-order valence-electron chi connectivity index (χ1n) is 10.3. The number of nitrogens with one attached hydrogen (secondary N) is 1. The fourth-order valence-electron chi connectivity index (χ4n) is 4.75. The second-order valence-electron chi connectivity index (χ2n) is 7.86. The van der Waals surface area contributed by atoms with Crippen LogP contribution >= 0.6 is 0 Å². The van der Waals surface area contributed by atoms with E-state index in [4.69, 9.17) is 4.74 Å². The zero-order valence-corrected chi connectivity index (χ0v) is 15.9. The molecule has 2 heterocycles. The molecule has 1 N–H and O–H groups in total. The standard InChI is InChI=1S/C21H29N3O3/c25-20(23-11-13-27-14-12-23)17-7-3-8-18(15-17)22-21(26)24-10-4-9-19(24)16-5-1-2-6-16/h3,7-8,15-16,19H,1-2,4-6,9-14H2,(H,22,26)/t19-/m0/s1. The van der Waals surface area contributed by atoms with Crippen molar-refractivity contribution in [3.8, 4) is 0 Å². The zero-order chi connectivity index (χ0) is 18.6. The van der Waals surface area contributed by atoms with Crippen molar-refractivity contribution in [3.63, 3.8) is 0 Å². The van der Waals surface area contributed by atoms with Crippen molar-refractivity contribution in [1.29, 1.82) is 0 Å². The SMILES string of the molecule is O=C(c1cccc(NC(=O)N2CCC[C@H]2C2CCCC2)c1)N1CCOCC1. The van der Waals surface area contributed by atoms with Gasteiger partial charge in [0.15, 0.2) is 0 Å². The van der Waals surface area contributed by atoms with Crippen LogP contribution in [-0.2, 0) is 4.74 Å². The number of benzene rings is 1. The number of nitrogens with zero attached hydrogens (tertiary/aromatic N) is 2. The Bertz CT molecular complexity index is 681. The number of morpholine rings is 1. The summed E-state index contributed by atoms with van der Waals surface area (Å²) in [5.74, 6) is 0.659. The van der Waals surface area contributed by atoms with Crippen LogP contribution in [0.1, 0.15) is 48.9 Å². The second-order valence-corrected chi connectivity index (χ2v) is 7.86. The Hall–Kier alpha value is -2.08. The smallest absolute Gasteiger partial charge is 0.322 e. The van der Waals surface area contributed by atoms with Gasteiger partial charge in [0.1, 0.15) is 0 Å². The van der Waals surface area contributed by atoms with Crippen molar-refractivity contribution >= 4 is 17.6 Å². The summed E-state index contributed by atoms with van der Waals surface area (Å²) >= 11 is 0. The number of ether oxygens (including phenoxy) is 1. The van der Waals surface area contributed by atoms with Gasteiger partial charge in [-0.05, 0) is 49.8 Å². The number of likely N-dealkylation sites (tertiary alicyclic amines) is 1. The molecule has 1 atom stereocenters. The molecule has 3 aliphatic rings. The molecule has 6 nitrogen and oxygen atoms in total. The maximum atomic E-state index is 12.9. The molecule has 0 radical (unpaired) electrons. The van der Waals surface area contributed by atoms with Crippen LogP contribution in [0.5, 0.6) is 0 Å². The predicted molar refractivity (Wildman–Crippen MR) is 104 cm³/mol. The molecular formula is C21H29N3O3. The van der Waals surface area contributed by atoms with E-state index in [-0.39, 0.29) is 11.9 Å². The van der Waals surface area contributed by atoms with Gasteiger partial charge in [-0.25, -0.2) is 4.79 Å². The first-order valence-corrected chi connectivity index (χ1v) is 10.3. The molecule has 1 saturated carbocycles. The number of anilines is 1. The summed E-state index contributed by atoms with van der Waals surface area (Å²) in [6.45, 7) is 3.23. The quantitative estimate of drug-likeness (QED) is 0.886. The van der Waals surface area contributed by atoms with Crippen molar-refractivity contribution in [3.05, 3.63) is 29.8 Å². The Labute approximate surface area is 160 Å². The van der Waals surface area contributed by atoms with Gasteiger partial charge in [0.2, 0.25) is 0 Å². The first kappa shape index (κ1) is 18.3. The first-order chi connectivity index (χ1) is 13.2. The third-order valence-corrected chi connectivity index (χ3v) is 6.16. The molecule has 0 bridgehead atoms. The van der Waals surface area contributed by atoms with E-state index in [9.17, 15) is 9.59 Å². The minimum atomic E-state index is -0.0274. The summed E-state index contributed by atoms with van der Waals surface area (Å²) in [5.41, 5.74) is 1.31. The molecule has 2 saturated heterocycles. The van der Waals surface area contributed by atoms with Gasteiger partial charge in [0.25, 0.3) is 5.91 Å². The third kappa shape index (κ3) is 4.10. The van der Waals surface area contributed by atoms with Crippen LogP contribution < -0.4 is 5.32 Å². The van der Waals surface area contributed by atoms with E-state index in [1.807, 2.05) is 23.1 Å². The van der Waals surface area contributed by atoms with Crippen molar-refractivity contribution in [1.82, 2.24) is 9.80 Å². The van der Waals surface area contributed by atoms with Gasteiger partial charge in [0, 0.05) is 36.9 Å². The number of hydrogen-bond donors (Lipinski definition) is 1. The van der Waals surface area contributed by atoms with E-state index in [2.05, 4.69) is 5.32 Å². The summed E-state index contributed by atoms with van der Waals surface area (Å²) in [5, 5.41) is 3.03. The largest absolute Gasteiger partial charge is 0.378 e. The molecule has 2 aliphatic heterocycles. The Kier molecular flexibility index (Phi) is 5.62. The lowest BCUT2D eigenvalue weighted by Crippen LogP contribution is -2.42. The molecular weight excluding hydrogens is 342 g/mol. The fourth-order valence-corrected chi connectivity index (χ4v) is 4.75. The summed E-state index contributed by atoms with van der Waals surface area (Å²) in [7, 11) is 0. The van der Waals surface area contributed by atoms with Crippen LogP contribution in [0.2, 0.25) is 0 Å². The molecule has 6 heteroatoms. The number of carbonyl (C=O) groups is 2. The topological polar surface area (TPSA) is 61.9 Å². The molecule has 0 spiro atoms. The number of hydrogen-bond acceptors (Lipinski definition) is 3.